The lowest BCUT2D eigenvalue weighted by atomic mass is 9.33. The van der Waals surface area contributed by atoms with Crippen molar-refractivity contribution in [2.75, 3.05) is 0 Å². The zero-order valence-corrected chi connectivity index (χ0v) is 28.0. The summed E-state index contributed by atoms with van der Waals surface area (Å²) < 4.78 is 6.09. The number of esters is 1. The van der Waals surface area contributed by atoms with Crippen molar-refractivity contribution in [3.63, 3.8) is 0 Å². The third kappa shape index (κ3) is 4.42. The molecular formula is C39H54O5. The van der Waals surface area contributed by atoms with Gasteiger partial charge in [-0.15, -0.1) is 0 Å². The minimum atomic E-state index is -0.934. The van der Waals surface area contributed by atoms with Gasteiger partial charge in [0.05, 0.1) is 11.5 Å². The van der Waals surface area contributed by atoms with E-state index in [0.717, 1.165) is 44.1 Å². The van der Waals surface area contributed by atoms with Gasteiger partial charge in [-0.25, -0.2) is 4.79 Å². The summed E-state index contributed by atoms with van der Waals surface area (Å²) >= 11 is 0. The van der Waals surface area contributed by atoms with Crippen LogP contribution >= 0.6 is 0 Å². The number of aliphatic carboxylic acids is 1. The van der Waals surface area contributed by atoms with Crippen LogP contribution in [0.2, 0.25) is 0 Å². The second-order valence-electron chi connectivity index (χ2n) is 17.3. The Bertz CT molecular complexity index is 1370. The van der Waals surface area contributed by atoms with E-state index in [-0.39, 0.29) is 39.1 Å². The van der Waals surface area contributed by atoms with Crippen molar-refractivity contribution in [1.82, 2.24) is 0 Å². The Morgan fingerprint density at radius 3 is 2.27 bits per heavy atom. The number of allylic oxidation sites excluding steroid dienone is 2. The number of aliphatic hydroxyl groups is 1. The standard InChI is InChI=1S/C39H54O5/c1-34(2)23-27-26-14-15-29-36(5)19-18-30(40)35(3,4)28(36)17-20-38(29,7)37(26,6)21-22-39(27,33(42)43)24-31(34)44-32(41)16-13-25-11-9-8-10-12-25/h8-14,16,27-31,40H,15,17-24H2,1-7H3,(H,42,43)/b16-13+/t27-,28-,29+,30-,31+,36-,37+,38+,39+/m0/s1. The molecule has 0 bridgehead atoms. The first-order valence-corrected chi connectivity index (χ1v) is 17.1. The number of rotatable bonds is 4. The van der Waals surface area contributed by atoms with E-state index >= 15 is 0 Å². The van der Waals surface area contributed by atoms with Crippen LogP contribution in [0.5, 0.6) is 0 Å². The quantitative estimate of drug-likeness (QED) is 0.205. The van der Waals surface area contributed by atoms with Crippen LogP contribution in [0, 0.1) is 50.2 Å². The van der Waals surface area contributed by atoms with Gasteiger partial charge in [0.1, 0.15) is 6.10 Å². The van der Waals surface area contributed by atoms with Gasteiger partial charge in [-0.1, -0.05) is 90.4 Å². The number of aliphatic hydroxyl groups excluding tert-OH is 1. The molecule has 1 aromatic carbocycles. The molecule has 1 aromatic rings. The summed E-state index contributed by atoms with van der Waals surface area (Å²) in [7, 11) is 0. The van der Waals surface area contributed by atoms with E-state index < -0.39 is 23.5 Å². The van der Waals surface area contributed by atoms with Crippen LogP contribution in [-0.2, 0) is 14.3 Å². The van der Waals surface area contributed by atoms with Crippen LogP contribution in [0.25, 0.3) is 6.08 Å². The predicted octanol–water partition coefficient (Wildman–Crippen LogP) is 8.47. The number of carboxylic acids is 1. The maximum Gasteiger partial charge on any atom is 0.331 e. The van der Waals surface area contributed by atoms with Crippen molar-refractivity contribution >= 4 is 18.0 Å². The minimum Gasteiger partial charge on any atom is -0.481 e. The Morgan fingerprint density at radius 2 is 1.59 bits per heavy atom. The average Bonchev–Trinajstić information content (AvgIpc) is 2.95. The molecule has 6 rings (SSSR count). The van der Waals surface area contributed by atoms with Crippen molar-refractivity contribution in [3.8, 4) is 0 Å². The van der Waals surface area contributed by atoms with Gasteiger partial charge in [-0.2, -0.15) is 0 Å². The van der Waals surface area contributed by atoms with Crippen LogP contribution in [-0.4, -0.2) is 34.4 Å². The molecule has 5 heteroatoms. The molecule has 240 valence electrons. The average molecular weight is 603 g/mol. The number of fused-ring (bicyclic) bond motifs is 7. The predicted molar refractivity (Wildman–Crippen MR) is 173 cm³/mol. The van der Waals surface area contributed by atoms with Gasteiger partial charge >= 0.3 is 11.9 Å². The van der Waals surface area contributed by atoms with Crippen LogP contribution in [0.3, 0.4) is 0 Å². The lowest BCUT2D eigenvalue weighted by Crippen LogP contribution is -2.65. The van der Waals surface area contributed by atoms with Gasteiger partial charge in [0.25, 0.3) is 0 Å². The summed E-state index contributed by atoms with van der Waals surface area (Å²) in [5.41, 5.74) is 1.05. The van der Waals surface area contributed by atoms with E-state index in [1.54, 1.807) is 6.08 Å². The highest BCUT2D eigenvalue weighted by molar-refractivity contribution is 5.87. The van der Waals surface area contributed by atoms with E-state index in [2.05, 4.69) is 54.5 Å². The fraction of sp³-hybridized carbons (Fsp3) is 0.692. The Kier molecular flexibility index (Phi) is 7.40. The smallest absolute Gasteiger partial charge is 0.331 e. The summed E-state index contributed by atoms with van der Waals surface area (Å²) in [6.07, 6.45) is 12.6. The molecule has 0 radical (unpaired) electrons. The lowest BCUT2D eigenvalue weighted by molar-refractivity contribution is -0.210. The summed E-state index contributed by atoms with van der Waals surface area (Å²) in [6.45, 7) is 16.3. The summed E-state index contributed by atoms with van der Waals surface area (Å²) in [5, 5.41) is 21.9. The molecule has 0 amide bonds. The summed E-state index contributed by atoms with van der Waals surface area (Å²) in [5.74, 6) is -0.237. The molecule has 4 fully saturated rings. The first kappa shape index (κ1) is 31.6. The first-order chi connectivity index (χ1) is 20.5. The van der Waals surface area contributed by atoms with Gasteiger partial charge in [-0.3, -0.25) is 4.79 Å². The molecule has 9 atom stereocenters. The highest BCUT2D eigenvalue weighted by atomic mass is 16.5. The maximum absolute atomic E-state index is 13.3. The molecular weight excluding hydrogens is 548 g/mol. The fourth-order valence-electron chi connectivity index (χ4n) is 11.7. The molecule has 4 saturated carbocycles. The fourth-order valence-corrected chi connectivity index (χ4v) is 11.7. The van der Waals surface area contributed by atoms with Crippen LogP contribution in [0.4, 0.5) is 0 Å². The van der Waals surface area contributed by atoms with Crippen molar-refractivity contribution < 1.29 is 24.5 Å². The second kappa shape index (κ2) is 10.3. The van der Waals surface area contributed by atoms with Crippen molar-refractivity contribution in [3.05, 3.63) is 53.6 Å². The maximum atomic E-state index is 13.3. The molecule has 0 heterocycles. The van der Waals surface area contributed by atoms with Crippen LogP contribution in [0.1, 0.15) is 112 Å². The molecule has 0 spiro atoms. The largest absolute Gasteiger partial charge is 0.481 e. The van der Waals surface area contributed by atoms with E-state index in [4.69, 9.17) is 4.74 Å². The molecule has 0 aliphatic heterocycles. The highest BCUT2D eigenvalue weighted by Gasteiger charge is 2.70. The normalized spacial score (nSPS) is 43.9. The minimum absolute atomic E-state index is 0.0705. The Hall–Kier alpha value is -2.40. The number of hydrogen-bond donors (Lipinski definition) is 2. The molecule has 0 unspecified atom stereocenters. The first-order valence-electron chi connectivity index (χ1n) is 17.1. The molecule has 0 saturated heterocycles. The SMILES string of the molecule is CC1(C)C[C@H]2C3=CC[C@@H]4[C@@]5(C)CC[C@H](O)C(C)(C)[C@@H]5CC[C@@]4(C)[C@]3(C)CC[C@@]2(C(=O)O)C[C@H]1OC(=O)/C=C/c1ccccc1. The molecule has 5 aliphatic carbocycles. The highest BCUT2D eigenvalue weighted by Crippen LogP contribution is 2.75. The topological polar surface area (TPSA) is 83.8 Å². The number of carbonyl (C=O) groups excluding carboxylic acids is 1. The monoisotopic (exact) mass is 602 g/mol. The third-order valence-corrected chi connectivity index (χ3v) is 14.7. The molecule has 0 aromatic heterocycles. The van der Waals surface area contributed by atoms with Gasteiger partial charge < -0.3 is 14.9 Å². The van der Waals surface area contributed by atoms with E-state index in [1.807, 2.05) is 30.3 Å². The molecule has 44 heavy (non-hydrogen) atoms. The number of ether oxygens (including phenoxy) is 1. The molecule has 5 nitrogen and oxygen atoms in total. The number of carbonyl (C=O) groups is 2. The molecule has 5 aliphatic rings. The van der Waals surface area contributed by atoms with Gasteiger partial charge in [0, 0.05) is 17.9 Å². The van der Waals surface area contributed by atoms with Gasteiger partial charge in [-0.05, 0) is 102 Å². The lowest BCUT2D eigenvalue weighted by Gasteiger charge is -2.71. The summed E-state index contributed by atoms with van der Waals surface area (Å²) in [4.78, 5) is 26.4. The van der Waals surface area contributed by atoms with E-state index in [1.165, 1.54) is 11.6 Å². The Labute approximate surface area is 264 Å². The van der Waals surface area contributed by atoms with E-state index in [9.17, 15) is 19.8 Å². The van der Waals surface area contributed by atoms with Gasteiger partial charge in [0.2, 0.25) is 0 Å². The van der Waals surface area contributed by atoms with Crippen molar-refractivity contribution in [2.24, 2.45) is 50.2 Å². The number of carboxylic acid groups (broad SMARTS) is 1. The van der Waals surface area contributed by atoms with Crippen molar-refractivity contribution in [1.29, 1.82) is 0 Å². The number of benzene rings is 1. The van der Waals surface area contributed by atoms with Crippen molar-refractivity contribution in [2.45, 2.75) is 118 Å². The Balaban J connectivity index is 1.31. The Morgan fingerprint density at radius 1 is 0.886 bits per heavy atom. The zero-order valence-electron chi connectivity index (χ0n) is 28.0. The van der Waals surface area contributed by atoms with Crippen LogP contribution in [0.15, 0.2) is 48.1 Å². The number of hydrogen-bond acceptors (Lipinski definition) is 4. The molecule has 2 N–H and O–H groups in total. The third-order valence-electron chi connectivity index (χ3n) is 14.7. The van der Waals surface area contributed by atoms with Crippen LogP contribution < -0.4 is 0 Å². The summed E-state index contributed by atoms with van der Waals surface area (Å²) in [6, 6.07) is 9.67. The second-order valence-corrected chi connectivity index (χ2v) is 17.3. The zero-order chi connectivity index (χ0) is 31.9. The van der Waals surface area contributed by atoms with E-state index in [0.29, 0.717) is 31.1 Å². The van der Waals surface area contributed by atoms with Gasteiger partial charge in [0.15, 0.2) is 0 Å².